The van der Waals surface area contributed by atoms with Crippen LogP contribution in [0.5, 0.6) is 0 Å². The van der Waals surface area contributed by atoms with E-state index in [9.17, 15) is 4.79 Å². The number of hydrogen-bond acceptors (Lipinski definition) is 2. The topological polar surface area (TPSA) is 45.8 Å². The zero-order valence-electron chi connectivity index (χ0n) is 11.1. The van der Waals surface area contributed by atoms with Crippen LogP contribution in [0.1, 0.15) is 17.0 Å². The first-order valence-corrected chi connectivity index (χ1v) is 6.46. The fraction of sp³-hybridized carbons (Fsp3) is 0.0588. The van der Waals surface area contributed by atoms with Gasteiger partial charge in [0.2, 0.25) is 0 Å². The van der Waals surface area contributed by atoms with Crippen molar-refractivity contribution in [1.82, 2.24) is 9.97 Å². The van der Waals surface area contributed by atoms with E-state index in [1.54, 1.807) is 6.92 Å². The number of fused-ring (bicyclic) bond motifs is 1. The van der Waals surface area contributed by atoms with Crippen LogP contribution in [-0.2, 0) is 0 Å². The van der Waals surface area contributed by atoms with Crippen molar-refractivity contribution in [2.75, 3.05) is 0 Å². The highest BCUT2D eigenvalue weighted by Gasteiger charge is 2.01. The summed E-state index contributed by atoms with van der Waals surface area (Å²) in [5.74, 6) is 0.634. The Hall–Kier alpha value is -2.68. The predicted octanol–water partition coefficient (Wildman–Crippen LogP) is 3.40. The van der Waals surface area contributed by atoms with Gasteiger partial charge in [-0.25, -0.2) is 4.98 Å². The smallest absolute Gasteiger partial charge is 0.258 e. The molecule has 0 fully saturated rings. The molecule has 3 nitrogen and oxygen atoms in total. The zero-order valence-corrected chi connectivity index (χ0v) is 11.1. The summed E-state index contributed by atoms with van der Waals surface area (Å²) in [5, 5.41) is 0.616. The van der Waals surface area contributed by atoms with Crippen molar-refractivity contribution in [2.45, 2.75) is 6.92 Å². The Labute approximate surface area is 116 Å². The van der Waals surface area contributed by atoms with Gasteiger partial charge in [-0.05, 0) is 30.2 Å². The van der Waals surface area contributed by atoms with E-state index in [-0.39, 0.29) is 5.56 Å². The minimum Gasteiger partial charge on any atom is -0.310 e. The Morgan fingerprint density at radius 1 is 1.00 bits per heavy atom. The summed E-state index contributed by atoms with van der Waals surface area (Å²) in [6, 6.07) is 15.8. The van der Waals surface area contributed by atoms with Crippen LogP contribution in [0.4, 0.5) is 0 Å². The minimum absolute atomic E-state index is 0.0949. The van der Waals surface area contributed by atoms with E-state index in [0.29, 0.717) is 11.2 Å². The molecule has 0 atom stereocenters. The molecule has 3 rings (SSSR count). The number of aryl methyl sites for hydroxylation is 1. The molecule has 0 aliphatic rings. The van der Waals surface area contributed by atoms with Crippen LogP contribution in [0.15, 0.2) is 53.3 Å². The first kappa shape index (κ1) is 12.4. The van der Waals surface area contributed by atoms with Crippen molar-refractivity contribution in [1.29, 1.82) is 0 Å². The lowest BCUT2D eigenvalue weighted by Gasteiger charge is -2.00. The number of H-pyrrole nitrogens is 1. The highest BCUT2D eigenvalue weighted by atomic mass is 16.1. The monoisotopic (exact) mass is 262 g/mol. The summed E-state index contributed by atoms with van der Waals surface area (Å²) in [5.41, 5.74) is 2.74. The molecule has 1 heterocycles. The number of rotatable bonds is 2. The van der Waals surface area contributed by atoms with E-state index in [4.69, 9.17) is 0 Å². The summed E-state index contributed by atoms with van der Waals surface area (Å²) in [6.07, 6.45) is 4.02. The Kier molecular flexibility index (Phi) is 3.17. The SMILES string of the molecule is Cc1nc2ccc(/C=C/c3ccccc3)cc2c(=O)[nH]1. The fourth-order valence-electron chi connectivity index (χ4n) is 2.13. The molecule has 20 heavy (non-hydrogen) atoms. The van der Waals surface area contributed by atoms with Gasteiger partial charge in [0.25, 0.3) is 5.56 Å². The van der Waals surface area contributed by atoms with Crippen molar-refractivity contribution >= 4 is 23.1 Å². The summed E-state index contributed by atoms with van der Waals surface area (Å²) in [4.78, 5) is 18.9. The fourth-order valence-corrected chi connectivity index (χ4v) is 2.13. The average molecular weight is 262 g/mol. The molecule has 1 aromatic heterocycles. The number of nitrogens with one attached hydrogen (secondary N) is 1. The molecule has 0 saturated heterocycles. The zero-order chi connectivity index (χ0) is 13.9. The van der Waals surface area contributed by atoms with E-state index in [2.05, 4.69) is 9.97 Å². The molecule has 98 valence electrons. The maximum Gasteiger partial charge on any atom is 0.258 e. The van der Waals surface area contributed by atoms with Gasteiger partial charge >= 0.3 is 0 Å². The molecular weight excluding hydrogens is 248 g/mol. The molecule has 3 heteroatoms. The van der Waals surface area contributed by atoms with Gasteiger partial charge in [-0.1, -0.05) is 48.6 Å². The molecule has 1 N–H and O–H groups in total. The van der Waals surface area contributed by atoms with Crippen LogP contribution in [0, 0.1) is 6.92 Å². The molecule has 0 spiro atoms. The van der Waals surface area contributed by atoms with Gasteiger partial charge in [0.05, 0.1) is 10.9 Å². The highest BCUT2D eigenvalue weighted by molar-refractivity contribution is 5.82. The van der Waals surface area contributed by atoms with Gasteiger partial charge in [-0.3, -0.25) is 4.79 Å². The van der Waals surface area contributed by atoms with E-state index < -0.39 is 0 Å². The lowest BCUT2D eigenvalue weighted by Crippen LogP contribution is -2.09. The van der Waals surface area contributed by atoms with Crippen LogP contribution in [0.25, 0.3) is 23.1 Å². The summed E-state index contributed by atoms with van der Waals surface area (Å²) >= 11 is 0. The lowest BCUT2D eigenvalue weighted by atomic mass is 10.1. The van der Waals surface area contributed by atoms with Gasteiger partial charge < -0.3 is 4.98 Å². The maximum atomic E-state index is 11.9. The molecule has 0 radical (unpaired) electrons. The van der Waals surface area contributed by atoms with Crippen LogP contribution < -0.4 is 5.56 Å². The van der Waals surface area contributed by atoms with Crippen molar-refractivity contribution in [3.8, 4) is 0 Å². The number of hydrogen-bond donors (Lipinski definition) is 1. The molecule has 0 aliphatic carbocycles. The molecular formula is C17H14N2O. The predicted molar refractivity (Wildman–Crippen MR) is 82.5 cm³/mol. The van der Waals surface area contributed by atoms with Crippen LogP contribution in [0.2, 0.25) is 0 Å². The standard InChI is InChI=1S/C17H14N2O/c1-12-18-16-10-9-14(11-15(16)17(20)19-12)8-7-13-5-3-2-4-6-13/h2-11H,1H3,(H,18,19,20)/b8-7+. The second kappa shape index (κ2) is 5.13. The second-order valence-electron chi connectivity index (χ2n) is 4.67. The third-order valence-electron chi connectivity index (χ3n) is 3.12. The van der Waals surface area contributed by atoms with Gasteiger partial charge in [0, 0.05) is 0 Å². The first-order valence-electron chi connectivity index (χ1n) is 6.46. The summed E-state index contributed by atoms with van der Waals surface area (Å²) in [6.45, 7) is 1.78. The second-order valence-corrected chi connectivity index (χ2v) is 4.67. The van der Waals surface area contributed by atoms with Crippen molar-refractivity contribution in [3.63, 3.8) is 0 Å². The van der Waals surface area contributed by atoms with Gasteiger partial charge in [0.15, 0.2) is 0 Å². The van der Waals surface area contributed by atoms with Gasteiger partial charge in [-0.15, -0.1) is 0 Å². The third kappa shape index (κ3) is 2.52. The number of nitrogens with zero attached hydrogens (tertiary/aromatic N) is 1. The van der Waals surface area contributed by atoms with Crippen LogP contribution in [-0.4, -0.2) is 9.97 Å². The molecule has 3 aromatic rings. The number of aromatic nitrogens is 2. The van der Waals surface area contributed by atoms with Crippen LogP contribution >= 0.6 is 0 Å². The summed E-state index contributed by atoms with van der Waals surface area (Å²) < 4.78 is 0. The third-order valence-corrected chi connectivity index (χ3v) is 3.12. The van der Waals surface area contributed by atoms with Gasteiger partial charge in [0.1, 0.15) is 5.82 Å². The Morgan fingerprint density at radius 3 is 2.55 bits per heavy atom. The van der Waals surface area contributed by atoms with E-state index >= 15 is 0 Å². The molecule has 0 amide bonds. The molecule has 0 aliphatic heterocycles. The Balaban J connectivity index is 2.02. The average Bonchev–Trinajstić information content (AvgIpc) is 2.46. The van der Waals surface area contributed by atoms with E-state index in [1.165, 1.54) is 0 Å². The molecule has 0 saturated carbocycles. The number of aromatic amines is 1. The van der Waals surface area contributed by atoms with E-state index in [1.807, 2.05) is 60.7 Å². The maximum absolute atomic E-state index is 11.9. The largest absolute Gasteiger partial charge is 0.310 e. The highest BCUT2D eigenvalue weighted by Crippen LogP contribution is 2.13. The molecule has 0 unspecified atom stereocenters. The Bertz CT molecular complexity index is 832. The lowest BCUT2D eigenvalue weighted by molar-refractivity contribution is 1.06. The minimum atomic E-state index is -0.0949. The van der Waals surface area contributed by atoms with Crippen molar-refractivity contribution in [3.05, 3.63) is 75.8 Å². The Morgan fingerprint density at radius 2 is 1.75 bits per heavy atom. The van der Waals surface area contributed by atoms with Crippen molar-refractivity contribution in [2.24, 2.45) is 0 Å². The normalized spacial score (nSPS) is 11.2. The molecule has 2 aromatic carbocycles. The first-order chi connectivity index (χ1) is 9.72. The summed E-state index contributed by atoms with van der Waals surface area (Å²) in [7, 11) is 0. The number of benzene rings is 2. The van der Waals surface area contributed by atoms with Crippen molar-refractivity contribution < 1.29 is 0 Å². The quantitative estimate of drug-likeness (QED) is 0.719. The van der Waals surface area contributed by atoms with Crippen LogP contribution in [0.3, 0.4) is 0 Å². The van der Waals surface area contributed by atoms with E-state index in [0.717, 1.165) is 16.6 Å². The molecule has 0 bridgehead atoms. The van der Waals surface area contributed by atoms with Gasteiger partial charge in [-0.2, -0.15) is 0 Å².